The Balaban J connectivity index is 0.00000208. The van der Waals surface area contributed by atoms with Gasteiger partial charge in [-0.05, 0) is 44.7 Å². The number of hydrogen-bond acceptors (Lipinski definition) is 2. The molecule has 2 N–H and O–H groups in total. The molecule has 2 saturated heterocycles. The summed E-state index contributed by atoms with van der Waals surface area (Å²) in [6.07, 6.45) is 4.50. The van der Waals surface area contributed by atoms with Gasteiger partial charge in [0.25, 0.3) is 0 Å². The van der Waals surface area contributed by atoms with Crippen molar-refractivity contribution in [1.29, 1.82) is 0 Å². The van der Waals surface area contributed by atoms with Crippen molar-refractivity contribution in [1.82, 2.24) is 10.6 Å². The van der Waals surface area contributed by atoms with Crippen LogP contribution in [0, 0.1) is 5.82 Å². The Morgan fingerprint density at radius 2 is 2.25 bits per heavy atom. The van der Waals surface area contributed by atoms with Crippen LogP contribution in [0.2, 0.25) is 5.02 Å². The van der Waals surface area contributed by atoms with Gasteiger partial charge in [0.15, 0.2) is 5.96 Å². The molecule has 4 nitrogen and oxygen atoms in total. The molecule has 1 aromatic carbocycles. The number of nitrogens with zero attached hydrogens (tertiary/aromatic N) is 1. The first kappa shape index (κ1) is 19.7. The fraction of sp³-hybridized carbons (Fsp3) is 0.588. The van der Waals surface area contributed by atoms with Gasteiger partial charge in [0.2, 0.25) is 0 Å². The number of aliphatic imine (C=N–C) groups is 1. The number of nitrogens with one attached hydrogen (secondary N) is 2. The van der Waals surface area contributed by atoms with E-state index in [9.17, 15) is 4.39 Å². The highest BCUT2D eigenvalue weighted by Crippen LogP contribution is 2.34. The van der Waals surface area contributed by atoms with Crippen molar-refractivity contribution >= 4 is 41.5 Å². The van der Waals surface area contributed by atoms with Crippen molar-refractivity contribution in [2.75, 3.05) is 13.1 Å². The molecule has 0 aliphatic carbocycles. The third kappa shape index (κ3) is 4.73. The van der Waals surface area contributed by atoms with Crippen LogP contribution >= 0.6 is 35.6 Å². The van der Waals surface area contributed by atoms with E-state index in [-0.39, 0.29) is 29.8 Å². The molecule has 7 heteroatoms. The molecular weight excluding hydrogens is 444 g/mol. The molecular formula is C17H24ClFIN3O. The summed E-state index contributed by atoms with van der Waals surface area (Å²) in [5.74, 6) is 0.494. The maximum atomic E-state index is 13.8. The van der Waals surface area contributed by atoms with E-state index in [2.05, 4.69) is 15.6 Å². The highest BCUT2D eigenvalue weighted by Gasteiger charge is 2.41. The second kappa shape index (κ2) is 9.20. The van der Waals surface area contributed by atoms with Crippen molar-refractivity contribution in [3.8, 4) is 0 Å². The van der Waals surface area contributed by atoms with E-state index in [0.717, 1.165) is 25.3 Å². The normalized spacial score (nSPS) is 25.5. The summed E-state index contributed by atoms with van der Waals surface area (Å²) >= 11 is 6.05. The van der Waals surface area contributed by atoms with Gasteiger partial charge < -0.3 is 15.4 Å². The Kier molecular flexibility index (Phi) is 7.56. The molecule has 24 heavy (non-hydrogen) atoms. The van der Waals surface area contributed by atoms with E-state index in [0.29, 0.717) is 41.8 Å². The predicted molar refractivity (Wildman–Crippen MR) is 106 cm³/mol. The topological polar surface area (TPSA) is 45.7 Å². The average Bonchev–Trinajstić information content (AvgIpc) is 3.13. The quantitative estimate of drug-likeness (QED) is 0.396. The molecule has 3 unspecified atom stereocenters. The summed E-state index contributed by atoms with van der Waals surface area (Å²) in [7, 11) is 0. The van der Waals surface area contributed by atoms with E-state index in [4.69, 9.17) is 16.3 Å². The highest BCUT2D eigenvalue weighted by molar-refractivity contribution is 14.0. The molecule has 2 aliphatic heterocycles. The lowest BCUT2D eigenvalue weighted by molar-refractivity contribution is 0.0992. The van der Waals surface area contributed by atoms with Crippen molar-refractivity contribution in [3.63, 3.8) is 0 Å². The number of benzene rings is 1. The van der Waals surface area contributed by atoms with Crippen LogP contribution in [-0.4, -0.2) is 37.3 Å². The minimum Gasteiger partial charge on any atom is -0.373 e. The minimum absolute atomic E-state index is 0. The highest BCUT2D eigenvalue weighted by atomic mass is 127. The van der Waals surface area contributed by atoms with Gasteiger partial charge in [-0.2, -0.15) is 0 Å². The van der Waals surface area contributed by atoms with Crippen molar-refractivity contribution in [2.24, 2.45) is 4.99 Å². The molecule has 2 bridgehead atoms. The van der Waals surface area contributed by atoms with E-state index < -0.39 is 0 Å². The molecule has 0 spiro atoms. The minimum atomic E-state index is -0.271. The lowest BCUT2D eigenvalue weighted by Crippen LogP contribution is -2.47. The molecule has 2 heterocycles. The Morgan fingerprint density at radius 3 is 2.88 bits per heavy atom. The Morgan fingerprint density at radius 1 is 1.42 bits per heavy atom. The summed E-state index contributed by atoms with van der Waals surface area (Å²) in [4.78, 5) is 4.55. The number of halogens is 3. The van der Waals surface area contributed by atoms with E-state index in [1.54, 1.807) is 12.1 Å². The van der Waals surface area contributed by atoms with Crippen LogP contribution in [-0.2, 0) is 11.2 Å². The van der Waals surface area contributed by atoms with Crippen LogP contribution in [0.5, 0.6) is 0 Å². The summed E-state index contributed by atoms with van der Waals surface area (Å²) in [5.41, 5.74) is 0.525. The predicted octanol–water partition coefficient (Wildman–Crippen LogP) is 3.51. The largest absolute Gasteiger partial charge is 0.373 e. The lowest BCUT2D eigenvalue weighted by atomic mass is 9.96. The average molecular weight is 468 g/mol. The monoisotopic (exact) mass is 467 g/mol. The molecule has 0 aromatic heterocycles. The molecule has 134 valence electrons. The van der Waals surface area contributed by atoms with Gasteiger partial charge in [-0.25, -0.2) is 4.39 Å². The molecule has 3 atom stereocenters. The number of ether oxygens (including phenoxy) is 1. The van der Waals surface area contributed by atoms with Gasteiger partial charge in [-0.15, -0.1) is 24.0 Å². The molecule has 0 radical (unpaired) electrons. The summed E-state index contributed by atoms with van der Waals surface area (Å²) in [5, 5.41) is 7.15. The fourth-order valence-electron chi connectivity index (χ4n) is 3.34. The Bertz CT molecular complexity index is 567. The molecule has 0 saturated carbocycles. The summed E-state index contributed by atoms with van der Waals surface area (Å²) in [6.45, 7) is 3.30. The van der Waals surface area contributed by atoms with Crippen molar-refractivity contribution in [2.45, 2.75) is 50.9 Å². The Hall–Kier alpha value is -0.600. The lowest BCUT2D eigenvalue weighted by Gasteiger charge is -2.22. The van der Waals surface area contributed by atoms with Gasteiger partial charge in [0.05, 0.1) is 18.2 Å². The maximum Gasteiger partial charge on any atom is 0.191 e. The van der Waals surface area contributed by atoms with Crippen LogP contribution in [0.1, 0.15) is 31.7 Å². The first-order chi connectivity index (χ1) is 11.2. The van der Waals surface area contributed by atoms with Gasteiger partial charge >= 0.3 is 0 Å². The van der Waals surface area contributed by atoms with Gasteiger partial charge in [0.1, 0.15) is 5.82 Å². The van der Waals surface area contributed by atoms with Crippen LogP contribution in [0.4, 0.5) is 4.39 Å². The first-order valence-corrected chi connectivity index (χ1v) is 8.68. The van der Waals surface area contributed by atoms with E-state index in [1.807, 2.05) is 6.92 Å². The zero-order valence-electron chi connectivity index (χ0n) is 13.7. The third-order valence-corrected chi connectivity index (χ3v) is 4.82. The van der Waals surface area contributed by atoms with Crippen LogP contribution in [0.25, 0.3) is 0 Å². The Labute approximate surface area is 164 Å². The number of guanidine groups is 1. The SMILES string of the molecule is CCNC(=NCCc1c(F)cccc1Cl)NC1CC2CCC1O2.I. The van der Waals surface area contributed by atoms with Crippen LogP contribution in [0.3, 0.4) is 0 Å². The number of fused-ring (bicyclic) bond motifs is 2. The molecule has 3 rings (SSSR count). The molecule has 2 aliphatic rings. The molecule has 0 amide bonds. The molecule has 1 aromatic rings. The van der Waals surface area contributed by atoms with E-state index in [1.165, 1.54) is 12.5 Å². The van der Waals surface area contributed by atoms with Crippen LogP contribution in [0.15, 0.2) is 23.2 Å². The van der Waals surface area contributed by atoms with Crippen LogP contribution < -0.4 is 10.6 Å². The maximum absolute atomic E-state index is 13.8. The van der Waals surface area contributed by atoms with Crippen molar-refractivity contribution < 1.29 is 9.13 Å². The number of hydrogen-bond donors (Lipinski definition) is 2. The summed E-state index contributed by atoms with van der Waals surface area (Å²) < 4.78 is 19.6. The van der Waals surface area contributed by atoms with Gasteiger partial charge in [-0.1, -0.05) is 17.7 Å². The number of rotatable bonds is 5. The van der Waals surface area contributed by atoms with E-state index >= 15 is 0 Å². The smallest absolute Gasteiger partial charge is 0.191 e. The van der Waals surface area contributed by atoms with Gasteiger partial charge in [0, 0.05) is 23.7 Å². The van der Waals surface area contributed by atoms with Gasteiger partial charge in [-0.3, -0.25) is 4.99 Å². The van der Waals surface area contributed by atoms with Crippen molar-refractivity contribution in [3.05, 3.63) is 34.6 Å². The second-order valence-electron chi connectivity index (χ2n) is 6.07. The zero-order valence-corrected chi connectivity index (χ0v) is 16.8. The molecule has 2 fully saturated rings. The second-order valence-corrected chi connectivity index (χ2v) is 6.48. The standard InChI is InChI=1S/C17H23ClFN3O.HI/c1-2-20-17(22-15-10-11-6-7-16(15)23-11)21-9-8-12-13(18)4-3-5-14(12)19;/h3-5,11,15-16H,2,6-10H2,1H3,(H2,20,21,22);1H. The zero-order chi connectivity index (χ0) is 16.2. The third-order valence-electron chi connectivity index (χ3n) is 4.47. The summed E-state index contributed by atoms with van der Waals surface area (Å²) in [6, 6.07) is 5.08. The fourth-order valence-corrected chi connectivity index (χ4v) is 3.59. The first-order valence-electron chi connectivity index (χ1n) is 8.30.